The normalized spacial score (nSPS) is 10.4. The summed E-state index contributed by atoms with van der Waals surface area (Å²) in [5, 5.41) is 3.30. The summed E-state index contributed by atoms with van der Waals surface area (Å²) in [5.74, 6) is 2.07. The van der Waals surface area contributed by atoms with E-state index >= 15 is 0 Å². The van der Waals surface area contributed by atoms with Gasteiger partial charge in [-0.1, -0.05) is 0 Å². The molecule has 106 valence electrons. The molecule has 1 N–H and O–H groups in total. The molecule has 20 heavy (non-hydrogen) atoms. The second kappa shape index (κ2) is 6.95. The molecule has 1 heterocycles. The van der Waals surface area contributed by atoms with Gasteiger partial charge in [0.25, 0.3) is 0 Å². The Morgan fingerprint density at radius 1 is 1.35 bits per heavy atom. The molecule has 0 aliphatic heterocycles. The lowest BCUT2D eigenvalue weighted by atomic mass is 10.2. The lowest BCUT2D eigenvalue weighted by Gasteiger charge is -2.12. The number of aryl methyl sites for hydroxylation is 1. The molecule has 0 atom stereocenters. The van der Waals surface area contributed by atoms with Crippen LogP contribution in [0.4, 0.5) is 11.5 Å². The first-order valence-electron chi connectivity index (χ1n) is 6.35. The van der Waals surface area contributed by atoms with Gasteiger partial charge in [0.2, 0.25) is 0 Å². The second-order valence-corrected chi connectivity index (χ2v) is 5.52. The first-order valence-corrected chi connectivity index (χ1v) is 7.67. The number of rotatable bonds is 5. The van der Waals surface area contributed by atoms with Crippen molar-refractivity contribution < 1.29 is 4.74 Å². The summed E-state index contributed by atoms with van der Waals surface area (Å²) in [7, 11) is 0. The van der Waals surface area contributed by atoms with Gasteiger partial charge in [-0.05, 0) is 59.6 Å². The Hall–Kier alpha value is -1.26. The van der Waals surface area contributed by atoms with Crippen molar-refractivity contribution in [3.63, 3.8) is 0 Å². The average molecular weight is 356 g/mol. The maximum absolute atomic E-state index is 5.97. The van der Waals surface area contributed by atoms with Crippen LogP contribution in [-0.4, -0.2) is 11.6 Å². The van der Waals surface area contributed by atoms with Crippen LogP contribution in [0, 0.1) is 6.92 Å². The third-order valence-corrected chi connectivity index (χ3v) is 3.53. The lowest BCUT2D eigenvalue weighted by Crippen LogP contribution is -1.99. The minimum atomic E-state index is 0.414. The van der Waals surface area contributed by atoms with E-state index in [1.54, 1.807) is 6.20 Å². The van der Waals surface area contributed by atoms with Crippen molar-refractivity contribution in [2.45, 2.75) is 19.7 Å². The van der Waals surface area contributed by atoms with E-state index in [1.165, 1.54) is 0 Å². The fourth-order valence-corrected chi connectivity index (χ4v) is 2.52. The Balaban J connectivity index is 2.25. The standard InChI is InChI=1S/C15H16BrClN2O/c1-3-20-14-5-4-13(7-11(14)8-17)19-15-10(2)6-12(16)9-18-15/h4-7,9H,3,8H2,1-2H3,(H,18,19). The maximum Gasteiger partial charge on any atom is 0.133 e. The smallest absolute Gasteiger partial charge is 0.133 e. The summed E-state index contributed by atoms with van der Waals surface area (Å²) in [6.45, 7) is 4.60. The van der Waals surface area contributed by atoms with Crippen LogP contribution < -0.4 is 10.1 Å². The molecule has 0 saturated carbocycles. The minimum Gasteiger partial charge on any atom is -0.494 e. The summed E-state index contributed by atoms with van der Waals surface area (Å²) < 4.78 is 6.50. The summed E-state index contributed by atoms with van der Waals surface area (Å²) in [4.78, 5) is 4.37. The molecule has 0 radical (unpaired) electrons. The number of nitrogens with zero attached hydrogens (tertiary/aromatic N) is 1. The molecule has 2 aromatic rings. The Kier molecular flexibility index (Phi) is 5.26. The van der Waals surface area contributed by atoms with Crippen molar-refractivity contribution in [3.05, 3.63) is 46.1 Å². The van der Waals surface area contributed by atoms with Crippen molar-refractivity contribution in [1.29, 1.82) is 0 Å². The number of alkyl halides is 1. The number of hydrogen-bond acceptors (Lipinski definition) is 3. The van der Waals surface area contributed by atoms with Gasteiger partial charge >= 0.3 is 0 Å². The minimum absolute atomic E-state index is 0.414. The van der Waals surface area contributed by atoms with E-state index in [1.807, 2.05) is 38.1 Å². The molecule has 1 aromatic heterocycles. The third kappa shape index (κ3) is 3.64. The molecular weight excluding hydrogens is 340 g/mol. The van der Waals surface area contributed by atoms with E-state index in [-0.39, 0.29) is 0 Å². The highest BCUT2D eigenvalue weighted by Crippen LogP contribution is 2.27. The molecule has 0 fully saturated rings. The van der Waals surface area contributed by atoms with Gasteiger partial charge < -0.3 is 10.1 Å². The van der Waals surface area contributed by atoms with Gasteiger partial charge in [0.15, 0.2) is 0 Å². The van der Waals surface area contributed by atoms with Gasteiger partial charge in [0.1, 0.15) is 11.6 Å². The molecule has 2 rings (SSSR count). The van der Waals surface area contributed by atoms with E-state index in [2.05, 4.69) is 26.2 Å². The third-order valence-electron chi connectivity index (χ3n) is 2.81. The zero-order chi connectivity index (χ0) is 14.5. The van der Waals surface area contributed by atoms with Crippen LogP contribution in [0.25, 0.3) is 0 Å². The highest BCUT2D eigenvalue weighted by Gasteiger charge is 2.06. The number of aromatic nitrogens is 1. The molecule has 0 saturated heterocycles. The fourth-order valence-electron chi connectivity index (χ4n) is 1.87. The molecule has 3 nitrogen and oxygen atoms in total. The molecular formula is C15H16BrClN2O. The summed E-state index contributed by atoms with van der Waals surface area (Å²) in [5.41, 5.74) is 2.98. The fraction of sp³-hybridized carbons (Fsp3) is 0.267. The van der Waals surface area contributed by atoms with Crippen molar-refractivity contribution in [3.8, 4) is 5.75 Å². The van der Waals surface area contributed by atoms with Gasteiger partial charge in [-0.2, -0.15) is 0 Å². The number of halogens is 2. The van der Waals surface area contributed by atoms with Gasteiger partial charge in [0, 0.05) is 21.9 Å². The zero-order valence-corrected chi connectivity index (χ0v) is 13.8. The SMILES string of the molecule is CCOc1ccc(Nc2ncc(Br)cc2C)cc1CCl. The predicted octanol–water partition coefficient (Wildman–Crippen LogP) is 5.03. The molecule has 0 spiro atoms. The number of anilines is 2. The van der Waals surface area contributed by atoms with Crippen molar-refractivity contribution >= 4 is 39.0 Å². The number of benzene rings is 1. The Morgan fingerprint density at radius 2 is 2.15 bits per heavy atom. The molecule has 5 heteroatoms. The zero-order valence-electron chi connectivity index (χ0n) is 11.4. The van der Waals surface area contributed by atoms with Crippen LogP contribution in [0.3, 0.4) is 0 Å². The van der Waals surface area contributed by atoms with Crippen LogP contribution in [0.5, 0.6) is 5.75 Å². The predicted molar refractivity (Wildman–Crippen MR) is 87.1 cm³/mol. The molecule has 0 aliphatic carbocycles. The summed E-state index contributed by atoms with van der Waals surface area (Å²) in [6.07, 6.45) is 1.77. The highest BCUT2D eigenvalue weighted by atomic mass is 79.9. The highest BCUT2D eigenvalue weighted by molar-refractivity contribution is 9.10. The molecule has 0 amide bonds. The van der Waals surface area contributed by atoms with Crippen LogP contribution in [0.1, 0.15) is 18.1 Å². The quantitative estimate of drug-likeness (QED) is 0.763. The topological polar surface area (TPSA) is 34.1 Å². The van der Waals surface area contributed by atoms with E-state index < -0.39 is 0 Å². The average Bonchev–Trinajstić information content (AvgIpc) is 2.43. The number of ether oxygens (including phenoxy) is 1. The lowest BCUT2D eigenvalue weighted by molar-refractivity contribution is 0.337. The number of nitrogens with one attached hydrogen (secondary N) is 1. The first-order chi connectivity index (χ1) is 9.63. The van der Waals surface area contributed by atoms with E-state index in [9.17, 15) is 0 Å². The van der Waals surface area contributed by atoms with Gasteiger partial charge in [-0.3, -0.25) is 0 Å². The van der Waals surface area contributed by atoms with Gasteiger partial charge in [-0.15, -0.1) is 11.6 Å². The summed E-state index contributed by atoms with van der Waals surface area (Å²) >= 11 is 9.37. The van der Waals surface area contributed by atoms with Crippen LogP contribution >= 0.6 is 27.5 Å². The molecule has 0 unspecified atom stereocenters. The van der Waals surface area contributed by atoms with E-state index in [0.717, 1.165) is 32.9 Å². The van der Waals surface area contributed by atoms with Crippen LogP contribution in [-0.2, 0) is 5.88 Å². The van der Waals surface area contributed by atoms with Gasteiger partial charge in [-0.25, -0.2) is 4.98 Å². The Bertz CT molecular complexity index is 604. The van der Waals surface area contributed by atoms with Crippen LogP contribution in [0.2, 0.25) is 0 Å². The van der Waals surface area contributed by atoms with Crippen molar-refractivity contribution in [2.75, 3.05) is 11.9 Å². The molecule has 0 aliphatic rings. The van der Waals surface area contributed by atoms with Gasteiger partial charge in [0.05, 0.1) is 12.5 Å². The monoisotopic (exact) mass is 354 g/mol. The van der Waals surface area contributed by atoms with E-state index in [4.69, 9.17) is 16.3 Å². The second-order valence-electron chi connectivity index (χ2n) is 4.33. The van der Waals surface area contributed by atoms with E-state index in [0.29, 0.717) is 12.5 Å². The largest absolute Gasteiger partial charge is 0.494 e. The Labute approximate surface area is 132 Å². The summed E-state index contributed by atoms with van der Waals surface area (Å²) in [6, 6.07) is 7.90. The maximum atomic E-state index is 5.97. The van der Waals surface area contributed by atoms with Crippen molar-refractivity contribution in [2.24, 2.45) is 0 Å². The molecule has 1 aromatic carbocycles. The van der Waals surface area contributed by atoms with Crippen molar-refractivity contribution in [1.82, 2.24) is 4.98 Å². The number of hydrogen-bond donors (Lipinski definition) is 1. The molecule has 0 bridgehead atoms. The first kappa shape index (κ1) is 15.1. The van der Waals surface area contributed by atoms with Crippen LogP contribution in [0.15, 0.2) is 34.9 Å². The Morgan fingerprint density at radius 3 is 2.80 bits per heavy atom. The number of pyridine rings is 1.